The van der Waals surface area contributed by atoms with Crippen molar-refractivity contribution in [3.8, 4) is 5.75 Å². The number of hydrogen-bond acceptors (Lipinski definition) is 4. The second kappa shape index (κ2) is 7.28. The third kappa shape index (κ3) is 3.72. The fraction of sp³-hybridized carbons (Fsp3) is 0.214. The summed E-state index contributed by atoms with van der Waals surface area (Å²) in [4.78, 5) is 12.0. The van der Waals surface area contributed by atoms with Gasteiger partial charge in [0.15, 0.2) is 5.75 Å². The van der Waals surface area contributed by atoms with Crippen molar-refractivity contribution >= 4 is 34.5 Å². The number of amides is 1. The number of carbonyl (C=O) groups is 1. The number of para-hydroxylation sites is 1. The Labute approximate surface area is 126 Å². The Morgan fingerprint density at radius 1 is 1.35 bits per heavy atom. The van der Waals surface area contributed by atoms with Gasteiger partial charge in [-0.2, -0.15) is 11.3 Å². The molecule has 1 amide bonds. The summed E-state index contributed by atoms with van der Waals surface area (Å²) in [6, 6.07) is 6.98. The molecule has 0 spiro atoms. The van der Waals surface area contributed by atoms with Gasteiger partial charge in [-0.3, -0.25) is 4.79 Å². The van der Waals surface area contributed by atoms with Crippen LogP contribution in [0.4, 0.5) is 5.69 Å². The van der Waals surface area contributed by atoms with Crippen LogP contribution in [0.1, 0.15) is 10.4 Å². The average molecular weight is 312 g/mol. The van der Waals surface area contributed by atoms with E-state index in [1.165, 1.54) is 11.3 Å². The molecule has 1 heterocycles. The maximum Gasteiger partial charge on any atom is 0.256 e. The average Bonchev–Trinajstić information content (AvgIpc) is 2.96. The predicted octanol–water partition coefficient (Wildman–Crippen LogP) is 3.68. The topological polar surface area (TPSA) is 47.6 Å². The van der Waals surface area contributed by atoms with E-state index in [1.807, 2.05) is 5.38 Å². The maximum absolute atomic E-state index is 12.0. The molecule has 2 rings (SSSR count). The number of hydrogen-bond donors (Lipinski definition) is 1. The van der Waals surface area contributed by atoms with Crippen LogP contribution in [-0.2, 0) is 4.74 Å². The second-order valence-corrected chi connectivity index (χ2v) is 5.11. The number of carbonyl (C=O) groups excluding carboxylic acids is 1. The van der Waals surface area contributed by atoms with Gasteiger partial charge in [-0.25, -0.2) is 0 Å². The number of nitrogens with one attached hydrogen (secondary N) is 1. The zero-order chi connectivity index (χ0) is 14.4. The van der Waals surface area contributed by atoms with E-state index in [2.05, 4.69) is 5.32 Å². The van der Waals surface area contributed by atoms with E-state index in [9.17, 15) is 4.79 Å². The van der Waals surface area contributed by atoms with Gasteiger partial charge in [0.25, 0.3) is 5.91 Å². The molecule has 1 aromatic heterocycles. The highest BCUT2D eigenvalue weighted by Crippen LogP contribution is 2.33. The van der Waals surface area contributed by atoms with E-state index < -0.39 is 0 Å². The van der Waals surface area contributed by atoms with Gasteiger partial charge in [0.1, 0.15) is 6.61 Å². The number of halogens is 1. The first-order valence-corrected chi connectivity index (χ1v) is 7.28. The molecule has 0 aliphatic rings. The Morgan fingerprint density at radius 3 is 2.90 bits per heavy atom. The van der Waals surface area contributed by atoms with Gasteiger partial charge in [0.05, 0.1) is 22.9 Å². The van der Waals surface area contributed by atoms with Crippen LogP contribution in [0.3, 0.4) is 0 Å². The summed E-state index contributed by atoms with van der Waals surface area (Å²) < 4.78 is 10.5. The minimum atomic E-state index is -0.190. The number of benzene rings is 1. The van der Waals surface area contributed by atoms with Crippen molar-refractivity contribution in [3.05, 3.63) is 45.6 Å². The van der Waals surface area contributed by atoms with E-state index in [-0.39, 0.29) is 5.91 Å². The molecule has 20 heavy (non-hydrogen) atoms. The minimum Gasteiger partial charge on any atom is -0.487 e. The van der Waals surface area contributed by atoms with Crippen LogP contribution in [-0.4, -0.2) is 26.2 Å². The van der Waals surface area contributed by atoms with Gasteiger partial charge in [0.2, 0.25) is 0 Å². The van der Waals surface area contributed by atoms with E-state index in [0.717, 1.165) is 0 Å². The summed E-state index contributed by atoms with van der Waals surface area (Å²) in [5.74, 6) is 0.264. The van der Waals surface area contributed by atoms with Crippen molar-refractivity contribution in [1.29, 1.82) is 0 Å². The molecule has 1 N–H and O–H groups in total. The fourth-order valence-corrected chi connectivity index (χ4v) is 2.43. The molecule has 0 saturated carbocycles. The van der Waals surface area contributed by atoms with Crippen molar-refractivity contribution in [2.24, 2.45) is 0 Å². The Kier molecular flexibility index (Phi) is 5.40. The zero-order valence-electron chi connectivity index (χ0n) is 10.9. The normalized spacial score (nSPS) is 10.3. The Bertz CT molecular complexity index is 572. The number of thiophene rings is 1. The Hall–Kier alpha value is -1.56. The monoisotopic (exact) mass is 311 g/mol. The van der Waals surface area contributed by atoms with Crippen molar-refractivity contribution in [3.63, 3.8) is 0 Å². The largest absolute Gasteiger partial charge is 0.487 e. The lowest BCUT2D eigenvalue weighted by Crippen LogP contribution is -2.13. The van der Waals surface area contributed by atoms with Crippen LogP contribution in [0.25, 0.3) is 0 Å². The summed E-state index contributed by atoms with van der Waals surface area (Å²) in [5, 5.41) is 6.88. The summed E-state index contributed by atoms with van der Waals surface area (Å²) in [7, 11) is 1.59. The first-order chi connectivity index (χ1) is 9.72. The van der Waals surface area contributed by atoms with E-state index >= 15 is 0 Å². The Balaban J connectivity index is 2.14. The van der Waals surface area contributed by atoms with Crippen LogP contribution in [0.15, 0.2) is 35.0 Å². The lowest BCUT2D eigenvalue weighted by molar-refractivity contribution is 0.102. The zero-order valence-corrected chi connectivity index (χ0v) is 12.5. The molecule has 0 aliphatic carbocycles. The van der Waals surface area contributed by atoms with Gasteiger partial charge in [0, 0.05) is 12.5 Å². The quantitative estimate of drug-likeness (QED) is 0.828. The van der Waals surface area contributed by atoms with Gasteiger partial charge in [-0.15, -0.1) is 0 Å². The second-order valence-electron chi connectivity index (χ2n) is 3.92. The molecule has 4 nitrogen and oxygen atoms in total. The molecular formula is C14H14ClNO3S. The summed E-state index contributed by atoms with van der Waals surface area (Å²) in [6.07, 6.45) is 0. The van der Waals surface area contributed by atoms with Crippen molar-refractivity contribution in [1.82, 2.24) is 0 Å². The molecule has 2 aromatic rings. The maximum atomic E-state index is 12.0. The van der Waals surface area contributed by atoms with E-state index in [4.69, 9.17) is 21.1 Å². The molecule has 0 radical (unpaired) electrons. The smallest absolute Gasteiger partial charge is 0.256 e. The summed E-state index contributed by atoms with van der Waals surface area (Å²) in [6.45, 7) is 0.810. The number of methoxy groups -OCH3 is 1. The van der Waals surface area contributed by atoms with Crippen LogP contribution >= 0.6 is 22.9 Å². The van der Waals surface area contributed by atoms with E-state index in [1.54, 1.807) is 36.8 Å². The molecule has 0 bridgehead atoms. The fourth-order valence-electron chi connectivity index (χ4n) is 1.57. The highest BCUT2D eigenvalue weighted by atomic mass is 35.5. The molecule has 0 atom stereocenters. The third-order valence-electron chi connectivity index (χ3n) is 2.53. The van der Waals surface area contributed by atoms with Gasteiger partial charge >= 0.3 is 0 Å². The number of rotatable bonds is 6. The lowest BCUT2D eigenvalue weighted by Gasteiger charge is -2.13. The molecule has 6 heteroatoms. The standard InChI is InChI=1S/C14H14ClNO3S/c1-18-6-7-19-13-11(15)3-2-4-12(13)16-14(17)10-5-8-20-9-10/h2-5,8-9H,6-7H2,1H3,(H,16,17). The first-order valence-electron chi connectivity index (χ1n) is 5.96. The van der Waals surface area contributed by atoms with Crippen molar-refractivity contribution < 1.29 is 14.3 Å². The van der Waals surface area contributed by atoms with E-state index in [0.29, 0.717) is 35.2 Å². The SMILES string of the molecule is COCCOc1c(Cl)cccc1NC(=O)c1ccsc1. The van der Waals surface area contributed by atoms with Crippen LogP contribution in [0.2, 0.25) is 5.02 Å². The molecule has 1 aromatic carbocycles. The van der Waals surface area contributed by atoms with Gasteiger partial charge in [-0.1, -0.05) is 17.7 Å². The molecule has 106 valence electrons. The van der Waals surface area contributed by atoms with Crippen molar-refractivity contribution in [2.75, 3.05) is 25.6 Å². The molecule has 0 aliphatic heterocycles. The molecule has 0 fully saturated rings. The van der Waals surface area contributed by atoms with Gasteiger partial charge < -0.3 is 14.8 Å². The van der Waals surface area contributed by atoms with Crippen LogP contribution < -0.4 is 10.1 Å². The molecular weight excluding hydrogens is 298 g/mol. The predicted molar refractivity (Wildman–Crippen MR) is 81.1 cm³/mol. The van der Waals surface area contributed by atoms with Crippen LogP contribution in [0.5, 0.6) is 5.75 Å². The highest BCUT2D eigenvalue weighted by Gasteiger charge is 2.13. The summed E-state index contributed by atoms with van der Waals surface area (Å²) in [5.41, 5.74) is 1.16. The highest BCUT2D eigenvalue weighted by molar-refractivity contribution is 7.08. The molecule has 0 unspecified atom stereocenters. The van der Waals surface area contributed by atoms with Crippen molar-refractivity contribution in [2.45, 2.75) is 0 Å². The lowest BCUT2D eigenvalue weighted by atomic mass is 10.2. The number of ether oxygens (including phenoxy) is 2. The minimum absolute atomic E-state index is 0.190. The van der Waals surface area contributed by atoms with Crippen LogP contribution in [0, 0.1) is 0 Å². The number of anilines is 1. The third-order valence-corrected chi connectivity index (χ3v) is 3.51. The van der Waals surface area contributed by atoms with Gasteiger partial charge in [-0.05, 0) is 23.6 Å². The Morgan fingerprint density at radius 2 is 2.20 bits per heavy atom. The summed E-state index contributed by atoms with van der Waals surface area (Å²) >= 11 is 7.57. The molecule has 0 saturated heterocycles. The first kappa shape index (κ1) is 14.8.